The summed E-state index contributed by atoms with van der Waals surface area (Å²) in [4.78, 5) is 7.41. The van der Waals surface area contributed by atoms with E-state index in [2.05, 4.69) is 64.6 Å². The summed E-state index contributed by atoms with van der Waals surface area (Å²) < 4.78 is 13.6. The molecule has 4 rings (SSSR count). The van der Waals surface area contributed by atoms with Gasteiger partial charge >= 0.3 is 7.12 Å². The number of fused-ring (bicyclic) bond motifs is 1. The minimum atomic E-state index is -0.320. The Bertz CT molecular complexity index is 780. The second-order valence-corrected chi connectivity index (χ2v) is 9.67. The van der Waals surface area contributed by atoms with Crippen molar-refractivity contribution in [3.05, 3.63) is 23.2 Å². The summed E-state index contributed by atoms with van der Waals surface area (Å²) in [6, 6.07) is 7.04. The van der Waals surface area contributed by atoms with Gasteiger partial charge in [-0.2, -0.15) is 0 Å². The Morgan fingerprint density at radius 3 is 2.40 bits per heavy atom. The Morgan fingerprint density at radius 2 is 1.80 bits per heavy atom. The number of likely N-dealkylation sites (tertiary alicyclic amines) is 1. The van der Waals surface area contributed by atoms with E-state index in [1.54, 1.807) is 0 Å². The van der Waals surface area contributed by atoms with Crippen LogP contribution in [0.25, 0.3) is 10.2 Å². The van der Waals surface area contributed by atoms with E-state index in [0.29, 0.717) is 12.0 Å². The quantitative estimate of drug-likeness (QED) is 0.788. The SMILES string of the molecule is CC(C)N1CC(c2nc3cc(B4OC(C)(C)C(C)(C)O4)ccc3s2)C1. The van der Waals surface area contributed by atoms with Gasteiger partial charge in [0.2, 0.25) is 0 Å². The lowest BCUT2D eigenvalue weighted by Gasteiger charge is -2.41. The molecule has 4 nitrogen and oxygen atoms in total. The molecular weight excluding hydrogens is 331 g/mol. The molecule has 2 aliphatic heterocycles. The first kappa shape index (κ1) is 17.5. The van der Waals surface area contributed by atoms with Crippen LogP contribution < -0.4 is 5.46 Å². The average molecular weight is 358 g/mol. The maximum absolute atomic E-state index is 6.17. The number of rotatable bonds is 3. The third-order valence-corrected chi connectivity index (χ3v) is 7.14. The monoisotopic (exact) mass is 358 g/mol. The summed E-state index contributed by atoms with van der Waals surface area (Å²) in [5, 5.41) is 1.26. The molecule has 3 heterocycles. The lowest BCUT2D eigenvalue weighted by Crippen LogP contribution is -2.48. The van der Waals surface area contributed by atoms with Crippen molar-refractivity contribution in [2.75, 3.05) is 13.1 Å². The lowest BCUT2D eigenvalue weighted by atomic mass is 9.79. The Hall–Kier alpha value is -0.945. The third-order valence-electron chi connectivity index (χ3n) is 5.94. The van der Waals surface area contributed by atoms with Crippen molar-refractivity contribution in [3.8, 4) is 0 Å². The minimum absolute atomic E-state index is 0.313. The normalized spacial score (nSPS) is 23.6. The Labute approximate surface area is 154 Å². The molecule has 0 spiro atoms. The van der Waals surface area contributed by atoms with Crippen molar-refractivity contribution in [1.82, 2.24) is 9.88 Å². The number of hydrogen-bond donors (Lipinski definition) is 0. The first-order chi connectivity index (χ1) is 11.7. The van der Waals surface area contributed by atoms with E-state index in [1.807, 2.05) is 11.3 Å². The second kappa shape index (κ2) is 5.78. The van der Waals surface area contributed by atoms with Gasteiger partial charge in [0.15, 0.2) is 0 Å². The van der Waals surface area contributed by atoms with Gasteiger partial charge in [-0.1, -0.05) is 6.07 Å². The molecule has 1 aromatic heterocycles. The second-order valence-electron chi connectivity index (χ2n) is 8.61. The molecule has 0 unspecified atom stereocenters. The highest BCUT2D eigenvalue weighted by Crippen LogP contribution is 2.37. The number of thiazole rings is 1. The van der Waals surface area contributed by atoms with Crippen LogP contribution in [0.5, 0.6) is 0 Å². The number of nitrogens with zero attached hydrogens (tertiary/aromatic N) is 2. The summed E-state index contributed by atoms with van der Waals surface area (Å²) in [5.41, 5.74) is 1.49. The first-order valence-electron chi connectivity index (χ1n) is 9.16. The molecule has 1 aromatic carbocycles. The molecule has 0 bridgehead atoms. The van der Waals surface area contributed by atoms with Crippen LogP contribution >= 0.6 is 11.3 Å². The highest BCUT2D eigenvalue weighted by atomic mass is 32.1. The number of benzene rings is 1. The van der Waals surface area contributed by atoms with E-state index in [9.17, 15) is 0 Å². The van der Waals surface area contributed by atoms with E-state index in [1.165, 1.54) is 9.71 Å². The van der Waals surface area contributed by atoms with Crippen molar-refractivity contribution in [1.29, 1.82) is 0 Å². The fraction of sp³-hybridized carbons (Fsp3) is 0.632. The summed E-state index contributed by atoms with van der Waals surface area (Å²) in [5.74, 6) is 0.583. The smallest absolute Gasteiger partial charge is 0.399 e. The molecule has 0 N–H and O–H groups in total. The van der Waals surface area contributed by atoms with Crippen LogP contribution in [0.2, 0.25) is 0 Å². The van der Waals surface area contributed by atoms with Crippen LogP contribution in [0.4, 0.5) is 0 Å². The van der Waals surface area contributed by atoms with E-state index in [0.717, 1.165) is 24.1 Å². The Morgan fingerprint density at radius 1 is 1.16 bits per heavy atom. The summed E-state index contributed by atoms with van der Waals surface area (Å²) >= 11 is 1.83. The average Bonchev–Trinajstić information content (AvgIpc) is 2.94. The van der Waals surface area contributed by atoms with Gasteiger partial charge < -0.3 is 9.31 Å². The molecule has 2 aromatic rings. The molecule has 2 aliphatic rings. The van der Waals surface area contributed by atoms with Crippen LogP contribution in [0.3, 0.4) is 0 Å². The van der Waals surface area contributed by atoms with Crippen LogP contribution in [-0.2, 0) is 9.31 Å². The maximum Gasteiger partial charge on any atom is 0.494 e. The predicted octanol–water partition coefficient (Wildman–Crippen LogP) is 3.40. The molecule has 0 aliphatic carbocycles. The van der Waals surface area contributed by atoms with Gasteiger partial charge in [-0.05, 0) is 59.1 Å². The summed E-state index contributed by atoms with van der Waals surface area (Å²) in [7, 11) is -0.320. The molecule has 0 amide bonds. The fourth-order valence-electron chi connectivity index (χ4n) is 3.35. The molecule has 134 valence electrons. The Balaban J connectivity index is 1.56. The zero-order chi connectivity index (χ0) is 18.0. The largest absolute Gasteiger partial charge is 0.494 e. The zero-order valence-electron chi connectivity index (χ0n) is 16.0. The fourth-order valence-corrected chi connectivity index (χ4v) is 4.38. The lowest BCUT2D eigenvalue weighted by molar-refractivity contribution is 0.00578. The van der Waals surface area contributed by atoms with Crippen LogP contribution in [0.15, 0.2) is 18.2 Å². The molecular formula is C19H27BN2O2S. The van der Waals surface area contributed by atoms with Crippen LogP contribution in [0, 0.1) is 0 Å². The molecule has 2 fully saturated rings. The molecule has 25 heavy (non-hydrogen) atoms. The first-order valence-corrected chi connectivity index (χ1v) is 9.98. The molecule has 0 atom stereocenters. The van der Waals surface area contributed by atoms with Gasteiger partial charge in [-0.15, -0.1) is 11.3 Å². The highest BCUT2D eigenvalue weighted by molar-refractivity contribution is 7.18. The Kier molecular flexibility index (Phi) is 4.04. The van der Waals surface area contributed by atoms with Gasteiger partial charge in [-0.25, -0.2) is 4.98 Å². The standard InChI is InChI=1S/C19H27BN2O2S/c1-12(2)22-10-13(11-22)17-21-15-9-14(7-8-16(15)25-17)20-23-18(3,4)19(5,6)24-20/h7-9,12-13H,10-11H2,1-6H3. The van der Waals surface area contributed by atoms with Crippen molar-refractivity contribution < 1.29 is 9.31 Å². The van der Waals surface area contributed by atoms with Gasteiger partial charge in [0, 0.05) is 25.0 Å². The van der Waals surface area contributed by atoms with Crippen molar-refractivity contribution in [2.24, 2.45) is 0 Å². The predicted molar refractivity (Wildman–Crippen MR) is 105 cm³/mol. The topological polar surface area (TPSA) is 34.6 Å². The highest BCUT2D eigenvalue weighted by Gasteiger charge is 2.51. The minimum Gasteiger partial charge on any atom is -0.399 e. The zero-order valence-corrected chi connectivity index (χ0v) is 16.8. The van der Waals surface area contributed by atoms with Crippen LogP contribution in [0.1, 0.15) is 52.5 Å². The van der Waals surface area contributed by atoms with Crippen molar-refractivity contribution in [3.63, 3.8) is 0 Å². The van der Waals surface area contributed by atoms with Gasteiger partial charge in [-0.3, -0.25) is 4.90 Å². The summed E-state index contributed by atoms with van der Waals surface area (Å²) in [6.07, 6.45) is 0. The van der Waals surface area contributed by atoms with E-state index >= 15 is 0 Å². The van der Waals surface area contributed by atoms with Gasteiger partial charge in [0.25, 0.3) is 0 Å². The number of aromatic nitrogens is 1. The van der Waals surface area contributed by atoms with Crippen LogP contribution in [-0.4, -0.2) is 47.3 Å². The molecule has 6 heteroatoms. The van der Waals surface area contributed by atoms with Gasteiger partial charge in [0.1, 0.15) is 0 Å². The van der Waals surface area contributed by atoms with E-state index in [-0.39, 0.29) is 18.3 Å². The van der Waals surface area contributed by atoms with Crippen molar-refractivity contribution >= 4 is 34.1 Å². The van der Waals surface area contributed by atoms with E-state index < -0.39 is 0 Å². The third kappa shape index (κ3) is 2.93. The molecule has 2 saturated heterocycles. The van der Waals surface area contributed by atoms with Crippen molar-refractivity contribution in [2.45, 2.75) is 64.7 Å². The summed E-state index contributed by atoms with van der Waals surface area (Å²) in [6.45, 7) is 15.1. The van der Waals surface area contributed by atoms with E-state index in [4.69, 9.17) is 14.3 Å². The molecule has 0 radical (unpaired) electrons. The maximum atomic E-state index is 6.17. The molecule has 0 saturated carbocycles. The number of hydrogen-bond acceptors (Lipinski definition) is 5. The van der Waals surface area contributed by atoms with Gasteiger partial charge in [0.05, 0.1) is 26.4 Å².